The number of rotatable bonds is 2. The Balaban J connectivity index is 2.51. The van der Waals surface area contributed by atoms with Crippen LogP contribution in [0.2, 0.25) is 0 Å². The van der Waals surface area contributed by atoms with Crippen molar-refractivity contribution in [2.24, 2.45) is 0 Å². The van der Waals surface area contributed by atoms with Crippen LogP contribution in [0, 0.1) is 0 Å². The summed E-state index contributed by atoms with van der Waals surface area (Å²) in [5.74, 6) is -1.56. The quantitative estimate of drug-likeness (QED) is 0.746. The summed E-state index contributed by atoms with van der Waals surface area (Å²) in [5.41, 5.74) is 7.08. The fraction of sp³-hybridized carbons (Fsp3) is 0.222. The van der Waals surface area contributed by atoms with Gasteiger partial charge in [-0.25, -0.2) is 9.50 Å². The molecule has 2 aromatic heterocycles. The highest BCUT2D eigenvalue weighted by Crippen LogP contribution is 2.15. The highest BCUT2D eigenvalue weighted by atomic mass is 16.4. The van der Waals surface area contributed by atoms with E-state index < -0.39 is 11.9 Å². The SMILES string of the molecule is CC(C(=O)O)c1cc2ncc(N)cn2n1. The average molecular weight is 206 g/mol. The van der Waals surface area contributed by atoms with Gasteiger partial charge in [0.2, 0.25) is 0 Å². The summed E-state index contributed by atoms with van der Waals surface area (Å²) in [7, 11) is 0. The lowest BCUT2D eigenvalue weighted by atomic mass is 10.1. The molecular weight excluding hydrogens is 196 g/mol. The molecule has 0 saturated carbocycles. The molecule has 2 heterocycles. The summed E-state index contributed by atoms with van der Waals surface area (Å²) in [5, 5.41) is 12.9. The molecule has 0 aromatic carbocycles. The van der Waals surface area contributed by atoms with E-state index in [1.54, 1.807) is 19.2 Å². The van der Waals surface area contributed by atoms with E-state index in [1.807, 2.05) is 0 Å². The van der Waals surface area contributed by atoms with E-state index in [0.29, 0.717) is 17.0 Å². The highest BCUT2D eigenvalue weighted by Gasteiger charge is 2.17. The molecule has 0 aliphatic carbocycles. The second-order valence-electron chi connectivity index (χ2n) is 3.32. The predicted octanol–water partition coefficient (Wildman–Crippen LogP) is 0.500. The molecule has 1 unspecified atom stereocenters. The summed E-state index contributed by atoms with van der Waals surface area (Å²) in [6.45, 7) is 1.58. The Morgan fingerprint density at radius 1 is 1.67 bits per heavy atom. The minimum Gasteiger partial charge on any atom is -0.481 e. The van der Waals surface area contributed by atoms with Gasteiger partial charge in [-0.1, -0.05) is 0 Å². The fourth-order valence-corrected chi connectivity index (χ4v) is 1.25. The van der Waals surface area contributed by atoms with Crippen LogP contribution in [0.25, 0.3) is 5.65 Å². The van der Waals surface area contributed by atoms with Gasteiger partial charge in [-0.05, 0) is 6.92 Å². The lowest BCUT2D eigenvalue weighted by molar-refractivity contribution is -0.138. The van der Waals surface area contributed by atoms with Crippen LogP contribution < -0.4 is 5.73 Å². The first-order chi connectivity index (χ1) is 7.08. The molecular formula is C9H10N4O2. The van der Waals surface area contributed by atoms with E-state index >= 15 is 0 Å². The van der Waals surface area contributed by atoms with Crippen molar-refractivity contribution in [3.63, 3.8) is 0 Å². The van der Waals surface area contributed by atoms with Crippen molar-refractivity contribution in [3.8, 4) is 0 Å². The molecule has 0 spiro atoms. The number of anilines is 1. The molecule has 1 atom stereocenters. The topological polar surface area (TPSA) is 93.5 Å². The van der Waals surface area contributed by atoms with Crippen LogP contribution in [-0.4, -0.2) is 25.7 Å². The average Bonchev–Trinajstić information content (AvgIpc) is 2.58. The van der Waals surface area contributed by atoms with Crippen molar-refractivity contribution in [3.05, 3.63) is 24.2 Å². The molecule has 3 N–H and O–H groups in total. The standard InChI is InChI=1S/C9H10N4O2/c1-5(9(14)15)7-2-8-11-3-6(10)4-13(8)12-7/h2-5H,10H2,1H3,(H,14,15). The number of nitrogen functional groups attached to an aromatic ring is 1. The first-order valence-electron chi connectivity index (χ1n) is 4.41. The molecule has 0 aliphatic heterocycles. The zero-order valence-corrected chi connectivity index (χ0v) is 8.08. The van der Waals surface area contributed by atoms with Gasteiger partial charge in [0.1, 0.15) is 0 Å². The van der Waals surface area contributed by atoms with E-state index in [0.717, 1.165) is 0 Å². The molecule has 0 amide bonds. The minimum absolute atomic E-state index is 0.473. The first kappa shape index (κ1) is 9.45. The summed E-state index contributed by atoms with van der Waals surface area (Å²) < 4.78 is 1.48. The third-order valence-corrected chi connectivity index (χ3v) is 2.17. The first-order valence-corrected chi connectivity index (χ1v) is 4.41. The normalized spacial score (nSPS) is 12.9. The molecule has 0 radical (unpaired) electrons. The summed E-state index contributed by atoms with van der Waals surface area (Å²) in [4.78, 5) is 14.8. The monoisotopic (exact) mass is 206 g/mol. The number of carbonyl (C=O) groups is 1. The smallest absolute Gasteiger partial charge is 0.312 e. The van der Waals surface area contributed by atoms with Gasteiger partial charge in [0.05, 0.1) is 29.7 Å². The molecule has 6 nitrogen and oxygen atoms in total. The molecule has 6 heteroatoms. The molecule has 2 rings (SSSR count). The van der Waals surface area contributed by atoms with Gasteiger partial charge in [-0.15, -0.1) is 0 Å². The zero-order chi connectivity index (χ0) is 11.0. The van der Waals surface area contributed by atoms with Crippen LogP contribution in [0.1, 0.15) is 18.5 Å². The number of aliphatic carboxylic acids is 1. The van der Waals surface area contributed by atoms with Gasteiger partial charge in [-0.3, -0.25) is 4.79 Å². The molecule has 78 valence electrons. The third-order valence-electron chi connectivity index (χ3n) is 2.17. The van der Waals surface area contributed by atoms with Gasteiger partial charge >= 0.3 is 5.97 Å². The van der Waals surface area contributed by atoms with Gasteiger partial charge in [0.25, 0.3) is 0 Å². The van der Waals surface area contributed by atoms with E-state index in [2.05, 4.69) is 10.1 Å². The number of carboxylic acid groups (broad SMARTS) is 1. The lowest BCUT2D eigenvalue weighted by Crippen LogP contribution is -2.08. The number of nitrogens with two attached hydrogens (primary N) is 1. The Labute approximate surface area is 85.3 Å². The minimum atomic E-state index is -0.911. The number of hydrogen-bond donors (Lipinski definition) is 2. The molecule has 15 heavy (non-hydrogen) atoms. The van der Waals surface area contributed by atoms with Gasteiger partial charge < -0.3 is 10.8 Å². The largest absolute Gasteiger partial charge is 0.481 e. The van der Waals surface area contributed by atoms with Gasteiger partial charge in [-0.2, -0.15) is 5.10 Å². The van der Waals surface area contributed by atoms with Crippen molar-refractivity contribution in [1.29, 1.82) is 0 Å². The fourth-order valence-electron chi connectivity index (χ4n) is 1.25. The van der Waals surface area contributed by atoms with E-state index in [1.165, 1.54) is 10.7 Å². The summed E-state index contributed by atoms with van der Waals surface area (Å²) in [6.07, 6.45) is 3.10. The lowest BCUT2D eigenvalue weighted by Gasteiger charge is -1.98. The van der Waals surface area contributed by atoms with E-state index in [4.69, 9.17) is 10.8 Å². The number of nitrogens with zero attached hydrogens (tertiary/aromatic N) is 3. The second-order valence-corrected chi connectivity index (χ2v) is 3.32. The Morgan fingerprint density at radius 2 is 2.40 bits per heavy atom. The summed E-state index contributed by atoms with van der Waals surface area (Å²) >= 11 is 0. The van der Waals surface area contributed by atoms with Crippen LogP contribution in [0.5, 0.6) is 0 Å². The maximum absolute atomic E-state index is 10.7. The van der Waals surface area contributed by atoms with Gasteiger partial charge in [0.15, 0.2) is 5.65 Å². The van der Waals surface area contributed by atoms with Crippen LogP contribution in [0.3, 0.4) is 0 Å². The predicted molar refractivity (Wildman–Crippen MR) is 53.5 cm³/mol. The second kappa shape index (κ2) is 3.23. The number of aromatic nitrogens is 3. The van der Waals surface area contributed by atoms with Crippen molar-refractivity contribution < 1.29 is 9.90 Å². The van der Waals surface area contributed by atoms with Crippen LogP contribution in [0.15, 0.2) is 18.5 Å². The summed E-state index contributed by atoms with van der Waals surface area (Å²) in [6, 6.07) is 1.64. The van der Waals surface area contributed by atoms with Crippen LogP contribution in [-0.2, 0) is 4.79 Å². The third kappa shape index (κ3) is 1.61. The molecule has 0 fully saturated rings. The maximum Gasteiger partial charge on any atom is 0.312 e. The number of hydrogen-bond acceptors (Lipinski definition) is 4. The molecule has 0 aliphatic rings. The van der Waals surface area contributed by atoms with Crippen molar-refractivity contribution in [2.75, 3.05) is 5.73 Å². The number of carboxylic acids is 1. The van der Waals surface area contributed by atoms with Crippen molar-refractivity contribution >= 4 is 17.3 Å². The Hall–Kier alpha value is -2.11. The molecule has 2 aromatic rings. The Bertz CT molecular complexity index is 520. The van der Waals surface area contributed by atoms with E-state index in [9.17, 15) is 4.79 Å². The Morgan fingerprint density at radius 3 is 3.07 bits per heavy atom. The Kier molecular flexibility index (Phi) is 2.03. The maximum atomic E-state index is 10.7. The number of fused-ring (bicyclic) bond motifs is 1. The van der Waals surface area contributed by atoms with Crippen LogP contribution >= 0.6 is 0 Å². The van der Waals surface area contributed by atoms with E-state index in [-0.39, 0.29) is 0 Å². The van der Waals surface area contributed by atoms with Crippen LogP contribution in [0.4, 0.5) is 5.69 Å². The van der Waals surface area contributed by atoms with Crippen molar-refractivity contribution in [1.82, 2.24) is 14.6 Å². The highest BCUT2D eigenvalue weighted by molar-refractivity contribution is 5.75. The zero-order valence-electron chi connectivity index (χ0n) is 8.08. The van der Waals surface area contributed by atoms with Gasteiger partial charge in [0, 0.05) is 6.07 Å². The molecule has 0 saturated heterocycles. The van der Waals surface area contributed by atoms with Crippen molar-refractivity contribution in [2.45, 2.75) is 12.8 Å². The molecule has 0 bridgehead atoms.